The lowest BCUT2D eigenvalue weighted by molar-refractivity contribution is 0.414. The Hall–Kier alpha value is -2.84. The molecule has 0 amide bonds. The van der Waals surface area contributed by atoms with Crippen molar-refractivity contribution in [3.8, 4) is 5.75 Å². The molecular weight excluding hydrogens is 366 g/mol. The molecule has 0 radical (unpaired) electrons. The summed E-state index contributed by atoms with van der Waals surface area (Å²) in [7, 11) is 1.66. The first-order valence-corrected chi connectivity index (χ1v) is 9.08. The molecule has 8 nitrogen and oxygen atoms in total. The number of imidazole rings is 1. The first kappa shape index (κ1) is 17.6. The molecule has 0 spiro atoms. The minimum atomic E-state index is 0.616. The topological polar surface area (TPSA) is 104 Å². The molecule has 0 unspecified atom stereocenters. The van der Waals surface area contributed by atoms with Gasteiger partial charge in [0.1, 0.15) is 5.75 Å². The maximum absolute atomic E-state index is 6.23. The molecule has 0 aliphatic rings. The number of H-pyrrole nitrogens is 2. The van der Waals surface area contributed by atoms with Crippen molar-refractivity contribution in [1.29, 1.82) is 0 Å². The number of anilines is 1. The molecule has 0 saturated carbocycles. The summed E-state index contributed by atoms with van der Waals surface area (Å²) in [5.74, 6) is 1.51. The summed E-state index contributed by atoms with van der Waals surface area (Å²) >= 11 is 6.23. The average Bonchev–Trinajstić information content (AvgIpc) is 3.27. The van der Waals surface area contributed by atoms with Gasteiger partial charge in [0.2, 0.25) is 11.6 Å². The summed E-state index contributed by atoms with van der Waals surface area (Å²) in [6.07, 6.45) is 4.39. The monoisotopic (exact) mass is 385 g/mol. The van der Waals surface area contributed by atoms with E-state index in [1.165, 1.54) is 0 Å². The van der Waals surface area contributed by atoms with Crippen molar-refractivity contribution in [1.82, 2.24) is 30.5 Å². The predicted octanol–water partition coefficient (Wildman–Crippen LogP) is 3.09. The van der Waals surface area contributed by atoms with Crippen LogP contribution in [0.15, 0.2) is 30.6 Å². The molecule has 0 aliphatic carbocycles. The van der Waals surface area contributed by atoms with Gasteiger partial charge in [0.05, 0.1) is 29.4 Å². The lowest BCUT2D eigenvalue weighted by atomic mass is 10.1. The molecule has 0 atom stereocenters. The Morgan fingerprint density at radius 3 is 3.04 bits per heavy atom. The number of fused-ring (bicyclic) bond motifs is 2. The quantitative estimate of drug-likeness (QED) is 0.347. The number of halogens is 1. The Kier molecular flexibility index (Phi) is 5.08. The lowest BCUT2D eigenvalue weighted by Crippen LogP contribution is -2.18. The Morgan fingerprint density at radius 2 is 2.19 bits per heavy atom. The Bertz CT molecular complexity index is 1030. The van der Waals surface area contributed by atoms with E-state index in [1.807, 2.05) is 18.2 Å². The molecule has 0 bridgehead atoms. The number of benzene rings is 1. The first-order chi connectivity index (χ1) is 13.2. The van der Waals surface area contributed by atoms with E-state index in [0.717, 1.165) is 53.8 Å². The van der Waals surface area contributed by atoms with Gasteiger partial charge in [0.15, 0.2) is 0 Å². The normalized spacial score (nSPS) is 11.3. The van der Waals surface area contributed by atoms with Crippen LogP contribution in [-0.4, -0.2) is 45.3 Å². The second-order valence-corrected chi connectivity index (χ2v) is 6.56. The van der Waals surface area contributed by atoms with Crippen LogP contribution in [-0.2, 0) is 6.54 Å². The SMILES string of the molecule is COc1cc(CNCCCNc2nc3nnccc3[nH]2)c2[nH]cc(Cl)c2c1. The minimum absolute atomic E-state index is 0.616. The zero-order valence-corrected chi connectivity index (χ0v) is 15.6. The summed E-state index contributed by atoms with van der Waals surface area (Å²) in [6, 6.07) is 5.82. The highest BCUT2D eigenvalue weighted by Crippen LogP contribution is 2.30. The van der Waals surface area contributed by atoms with Crippen molar-refractivity contribution in [3.05, 3.63) is 41.2 Å². The van der Waals surface area contributed by atoms with E-state index < -0.39 is 0 Å². The Morgan fingerprint density at radius 1 is 1.26 bits per heavy atom. The third-order valence-corrected chi connectivity index (χ3v) is 4.65. The molecule has 1 aromatic carbocycles. The molecule has 27 heavy (non-hydrogen) atoms. The van der Waals surface area contributed by atoms with Crippen molar-refractivity contribution in [2.24, 2.45) is 0 Å². The van der Waals surface area contributed by atoms with Gasteiger partial charge in [-0.3, -0.25) is 0 Å². The van der Waals surface area contributed by atoms with Gasteiger partial charge in [0.25, 0.3) is 0 Å². The van der Waals surface area contributed by atoms with Crippen LogP contribution in [0.1, 0.15) is 12.0 Å². The van der Waals surface area contributed by atoms with Crippen LogP contribution in [0.5, 0.6) is 5.75 Å². The first-order valence-electron chi connectivity index (χ1n) is 8.70. The number of nitrogens with one attached hydrogen (secondary N) is 4. The molecule has 9 heteroatoms. The number of nitrogens with zero attached hydrogens (tertiary/aromatic N) is 3. The number of aromatic nitrogens is 5. The smallest absolute Gasteiger partial charge is 0.202 e. The fourth-order valence-electron chi connectivity index (χ4n) is 3.00. The summed E-state index contributed by atoms with van der Waals surface area (Å²) < 4.78 is 5.38. The van der Waals surface area contributed by atoms with E-state index >= 15 is 0 Å². The third-order valence-electron chi connectivity index (χ3n) is 4.34. The fraction of sp³-hybridized carbons (Fsp3) is 0.278. The van der Waals surface area contributed by atoms with Crippen molar-refractivity contribution in [3.63, 3.8) is 0 Å². The van der Waals surface area contributed by atoms with E-state index in [-0.39, 0.29) is 0 Å². The zero-order chi connectivity index (χ0) is 18.6. The Balaban J connectivity index is 1.28. The van der Waals surface area contributed by atoms with Gasteiger partial charge in [-0.1, -0.05) is 11.6 Å². The number of rotatable bonds is 8. The number of hydrogen-bond acceptors (Lipinski definition) is 6. The van der Waals surface area contributed by atoms with Crippen molar-refractivity contribution in [2.45, 2.75) is 13.0 Å². The molecule has 0 aliphatic heterocycles. The second kappa shape index (κ2) is 7.81. The van der Waals surface area contributed by atoms with Crippen LogP contribution < -0.4 is 15.4 Å². The van der Waals surface area contributed by atoms with Crippen LogP contribution in [0.3, 0.4) is 0 Å². The maximum atomic E-state index is 6.23. The molecule has 0 saturated heterocycles. The van der Waals surface area contributed by atoms with Gasteiger partial charge < -0.3 is 25.3 Å². The highest BCUT2D eigenvalue weighted by atomic mass is 35.5. The van der Waals surface area contributed by atoms with E-state index in [2.05, 4.69) is 35.8 Å². The molecular formula is C18H20ClN7O. The van der Waals surface area contributed by atoms with Gasteiger partial charge in [-0.15, -0.1) is 5.10 Å². The highest BCUT2D eigenvalue weighted by molar-refractivity contribution is 6.35. The molecule has 4 aromatic rings. The number of aromatic amines is 2. The molecule has 4 N–H and O–H groups in total. The van der Waals surface area contributed by atoms with Gasteiger partial charge in [0, 0.05) is 24.7 Å². The van der Waals surface area contributed by atoms with Gasteiger partial charge in [-0.25, -0.2) is 0 Å². The molecule has 140 valence electrons. The zero-order valence-electron chi connectivity index (χ0n) is 14.8. The number of hydrogen-bond donors (Lipinski definition) is 4. The van der Waals surface area contributed by atoms with E-state index in [9.17, 15) is 0 Å². The van der Waals surface area contributed by atoms with Crippen LogP contribution in [0.4, 0.5) is 5.95 Å². The summed E-state index contributed by atoms with van der Waals surface area (Å²) in [4.78, 5) is 10.7. The van der Waals surface area contributed by atoms with Gasteiger partial charge in [-0.05, 0) is 36.7 Å². The molecule has 3 heterocycles. The van der Waals surface area contributed by atoms with Crippen molar-refractivity contribution >= 4 is 39.6 Å². The van der Waals surface area contributed by atoms with Gasteiger partial charge >= 0.3 is 0 Å². The van der Waals surface area contributed by atoms with E-state index in [1.54, 1.807) is 19.5 Å². The van der Waals surface area contributed by atoms with E-state index in [4.69, 9.17) is 16.3 Å². The molecule has 4 rings (SSSR count). The van der Waals surface area contributed by atoms with E-state index in [0.29, 0.717) is 16.6 Å². The largest absolute Gasteiger partial charge is 0.497 e. The fourth-order valence-corrected chi connectivity index (χ4v) is 3.20. The van der Waals surface area contributed by atoms with Crippen molar-refractivity contribution in [2.75, 3.05) is 25.5 Å². The summed E-state index contributed by atoms with van der Waals surface area (Å²) in [5, 5.41) is 16.2. The van der Waals surface area contributed by atoms with Crippen LogP contribution in [0.2, 0.25) is 5.02 Å². The minimum Gasteiger partial charge on any atom is -0.497 e. The second-order valence-electron chi connectivity index (χ2n) is 6.16. The Labute approximate surface area is 160 Å². The molecule has 0 fully saturated rings. The average molecular weight is 386 g/mol. The molecule has 3 aromatic heterocycles. The standard InChI is InChI=1S/C18H20ClN7O/c1-27-12-7-11(16-13(8-12)14(19)10-22-16)9-20-4-2-5-21-18-24-15-3-6-23-26-17(15)25-18/h3,6-8,10,20,22H,2,4-5,9H2,1H3,(H2,21,24,25,26). The maximum Gasteiger partial charge on any atom is 0.202 e. The summed E-state index contributed by atoms with van der Waals surface area (Å²) in [6.45, 7) is 2.38. The third kappa shape index (κ3) is 3.81. The number of methoxy groups -OCH3 is 1. The highest BCUT2D eigenvalue weighted by Gasteiger charge is 2.09. The predicted molar refractivity (Wildman–Crippen MR) is 106 cm³/mol. The van der Waals surface area contributed by atoms with Crippen LogP contribution in [0.25, 0.3) is 22.1 Å². The van der Waals surface area contributed by atoms with Crippen LogP contribution >= 0.6 is 11.6 Å². The van der Waals surface area contributed by atoms with Crippen molar-refractivity contribution < 1.29 is 4.74 Å². The number of ether oxygens (including phenoxy) is 1. The lowest BCUT2D eigenvalue weighted by Gasteiger charge is -2.09. The summed E-state index contributed by atoms with van der Waals surface area (Å²) in [5.41, 5.74) is 3.65. The van der Waals surface area contributed by atoms with Crippen LogP contribution in [0, 0.1) is 0 Å². The van der Waals surface area contributed by atoms with Gasteiger partial charge in [-0.2, -0.15) is 10.1 Å².